The van der Waals surface area contributed by atoms with E-state index in [4.69, 9.17) is 0 Å². The first kappa shape index (κ1) is 17.4. The highest BCUT2D eigenvalue weighted by Crippen LogP contribution is 2.11. The molecule has 0 aliphatic carbocycles. The third kappa shape index (κ3) is 4.57. The molecule has 2 fully saturated rings. The molecule has 7 heteroatoms. The van der Waals surface area contributed by atoms with Crippen molar-refractivity contribution in [3.8, 4) is 0 Å². The molecule has 2 heterocycles. The Morgan fingerprint density at radius 2 is 2.00 bits per heavy atom. The number of piperidine rings is 1. The lowest BCUT2D eigenvalue weighted by Crippen LogP contribution is -2.49. The van der Waals surface area contributed by atoms with E-state index in [0.717, 1.165) is 31.5 Å². The molecule has 25 heavy (non-hydrogen) atoms. The van der Waals surface area contributed by atoms with Gasteiger partial charge in [0.05, 0.1) is 12.5 Å². The molecule has 2 saturated heterocycles. The van der Waals surface area contributed by atoms with Crippen molar-refractivity contribution in [2.45, 2.75) is 19.4 Å². The molecule has 2 aliphatic heterocycles. The maximum absolute atomic E-state index is 12.4. The molecule has 1 aromatic rings. The van der Waals surface area contributed by atoms with Gasteiger partial charge in [0.1, 0.15) is 0 Å². The van der Waals surface area contributed by atoms with E-state index in [-0.39, 0.29) is 30.2 Å². The van der Waals surface area contributed by atoms with E-state index in [2.05, 4.69) is 16.0 Å². The number of amides is 3. The van der Waals surface area contributed by atoms with Crippen molar-refractivity contribution in [1.82, 2.24) is 20.9 Å². The summed E-state index contributed by atoms with van der Waals surface area (Å²) in [4.78, 5) is 37.5. The highest BCUT2D eigenvalue weighted by Gasteiger charge is 2.22. The Kier molecular flexibility index (Phi) is 5.65. The molecule has 3 rings (SSSR count). The maximum Gasteiger partial charge on any atom is 0.254 e. The summed E-state index contributed by atoms with van der Waals surface area (Å²) >= 11 is 0. The molecule has 7 nitrogen and oxygen atoms in total. The second-order valence-corrected chi connectivity index (χ2v) is 6.53. The highest BCUT2D eigenvalue weighted by molar-refractivity contribution is 5.97. The van der Waals surface area contributed by atoms with Gasteiger partial charge in [0.15, 0.2) is 0 Å². The number of benzene rings is 1. The first-order valence-corrected chi connectivity index (χ1v) is 8.77. The fourth-order valence-electron chi connectivity index (χ4n) is 3.17. The van der Waals surface area contributed by atoms with Crippen molar-refractivity contribution in [1.29, 1.82) is 0 Å². The number of piperazine rings is 1. The predicted octanol–water partition coefficient (Wildman–Crippen LogP) is -0.126. The lowest BCUT2D eigenvalue weighted by molar-refractivity contribution is -0.125. The van der Waals surface area contributed by atoms with E-state index in [1.54, 1.807) is 17.0 Å². The van der Waals surface area contributed by atoms with E-state index < -0.39 is 0 Å². The van der Waals surface area contributed by atoms with Gasteiger partial charge in [-0.2, -0.15) is 0 Å². The number of hydrogen-bond donors (Lipinski definition) is 3. The number of rotatable bonds is 4. The Hall–Kier alpha value is -2.41. The van der Waals surface area contributed by atoms with E-state index in [1.165, 1.54) is 0 Å². The summed E-state index contributed by atoms with van der Waals surface area (Å²) in [5.74, 6) is -0.151. The molecule has 0 aromatic heterocycles. The topological polar surface area (TPSA) is 90.5 Å². The molecule has 3 amide bonds. The molecule has 1 unspecified atom stereocenters. The third-order valence-corrected chi connectivity index (χ3v) is 4.66. The first-order valence-electron chi connectivity index (χ1n) is 8.77. The van der Waals surface area contributed by atoms with Gasteiger partial charge in [0, 0.05) is 31.7 Å². The standard InChI is InChI=1S/C18H24N4O3/c23-16-12-22(9-8-20-16)18(25)14-5-3-13(4-6-14)10-21-17(24)15-2-1-7-19-11-15/h3-6,15,19H,1-2,7-12H2,(H,20,23)(H,21,24). The van der Waals surface area contributed by atoms with Crippen LogP contribution in [0.1, 0.15) is 28.8 Å². The summed E-state index contributed by atoms with van der Waals surface area (Å²) in [6, 6.07) is 7.18. The van der Waals surface area contributed by atoms with Crippen LogP contribution in [0.2, 0.25) is 0 Å². The van der Waals surface area contributed by atoms with Crippen molar-refractivity contribution in [3.63, 3.8) is 0 Å². The Morgan fingerprint density at radius 3 is 2.68 bits per heavy atom. The van der Waals surface area contributed by atoms with E-state index in [1.807, 2.05) is 12.1 Å². The molecule has 0 radical (unpaired) electrons. The van der Waals surface area contributed by atoms with Crippen LogP contribution < -0.4 is 16.0 Å². The molecule has 0 spiro atoms. The Bertz CT molecular complexity index is 638. The predicted molar refractivity (Wildman–Crippen MR) is 92.8 cm³/mol. The van der Waals surface area contributed by atoms with Gasteiger partial charge in [-0.3, -0.25) is 14.4 Å². The third-order valence-electron chi connectivity index (χ3n) is 4.66. The van der Waals surface area contributed by atoms with Gasteiger partial charge < -0.3 is 20.9 Å². The summed E-state index contributed by atoms with van der Waals surface area (Å²) < 4.78 is 0. The Balaban J connectivity index is 1.52. The van der Waals surface area contributed by atoms with Crippen LogP contribution in [0, 0.1) is 5.92 Å². The monoisotopic (exact) mass is 344 g/mol. The zero-order valence-electron chi connectivity index (χ0n) is 14.2. The van der Waals surface area contributed by atoms with Crippen LogP contribution in [0.4, 0.5) is 0 Å². The summed E-state index contributed by atoms with van der Waals surface area (Å²) in [7, 11) is 0. The fourth-order valence-corrected chi connectivity index (χ4v) is 3.17. The van der Waals surface area contributed by atoms with Crippen molar-refractivity contribution in [3.05, 3.63) is 35.4 Å². The molecule has 0 saturated carbocycles. The van der Waals surface area contributed by atoms with Crippen LogP contribution in [-0.2, 0) is 16.1 Å². The summed E-state index contributed by atoms with van der Waals surface area (Å²) in [5.41, 5.74) is 1.51. The zero-order chi connectivity index (χ0) is 17.6. The summed E-state index contributed by atoms with van der Waals surface area (Å²) in [6.07, 6.45) is 1.96. The lowest BCUT2D eigenvalue weighted by Gasteiger charge is -2.26. The van der Waals surface area contributed by atoms with E-state index in [9.17, 15) is 14.4 Å². The molecule has 0 bridgehead atoms. The van der Waals surface area contributed by atoms with Crippen LogP contribution in [0.3, 0.4) is 0 Å². The average molecular weight is 344 g/mol. The first-order chi connectivity index (χ1) is 12.1. The van der Waals surface area contributed by atoms with E-state index >= 15 is 0 Å². The summed E-state index contributed by atoms with van der Waals surface area (Å²) in [6.45, 7) is 3.30. The second-order valence-electron chi connectivity index (χ2n) is 6.53. The van der Waals surface area contributed by atoms with E-state index in [0.29, 0.717) is 25.2 Å². The molecular weight excluding hydrogens is 320 g/mol. The number of hydrogen-bond acceptors (Lipinski definition) is 4. The normalized spacial score (nSPS) is 20.7. The van der Waals surface area contributed by atoms with Crippen LogP contribution in [0.5, 0.6) is 0 Å². The van der Waals surface area contributed by atoms with Crippen molar-refractivity contribution in [2.24, 2.45) is 5.92 Å². The van der Waals surface area contributed by atoms with Gasteiger partial charge in [-0.25, -0.2) is 0 Å². The molecule has 1 aromatic carbocycles. The molecule has 3 N–H and O–H groups in total. The van der Waals surface area contributed by atoms with Crippen molar-refractivity contribution in [2.75, 3.05) is 32.7 Å². The second kappa shape index (κ2) is 8.11. The minimum absolute atomic E-state index is 0.0415. The van der Waals surface area contributed by atoms with Gasteiger partial charge in [0.2, 0.25) is 11.8 Å². The average Bonchev–Trinajstić information content (AvgIpc) is 2.66. The van der Waals surface area contributed by atoms with Crippen LogP contribution in [0.15, 0.2) is 24.3 Å². The van der Waals surface area contributed by atoms with Crippen molar-refractivity contribution >= 4 is 17.7 Å². The quantitative estimate of drug-likeness (QED) is 0.710. The summed E-state index contributed by atoms with van der Waals surface area (Å²) in [5, 5.41) is 8.90. The van der Waals surface area contributed by atoms with Gasteiger partial charge in [-0.15, -0.1) is 0 Å². The van der Waals surface area contributed by atoms with Gasteiger partial charge in [0.25, 0.3) is 5.91 Å². The molecule has 2 aliphatic rings. The Labute approximate surface area is 147 Å². The number of carbonyl (C=O) groups is 3. The zero-order valence-corrected chi connectivity index (χ0v) is 14.2. The Morgan fingerprint density at radius 1 is 1.20 bits per heavy atom. The van der Waals surface area contributed by atoms with Crippen LogP contribution in [0.25, 0.3) is 0 Å². The van der Waals surface area contributed by atoms with Gasteiger partial charge in [-0.05, 0) is 37.1 Å². The highest BCUT2D eigenvalue weighted by atomic mass is 16.2. The van der Waals surface area contributed by atoms with Gasteiger partial charge >= 0.3 is 0 Å². The molecule has 134 valence electrons. The molecule has 1 atom stereocenters. The van der Waals surface area contributed by atoms with Crippen LogP contribution in [-0.4, -0.2) is 55.3 Å². The number of nitrogens with zero attached hydrogens (tertiary/aromatic N) is 1. The van der Waals surface area contributed by atoms with Gasteiger partial charge in [-0.1, -0.05) is 12.1 Å². The minimum Gasteiger partial charge on any atom is -0.353 e. The largest absolute Gasteiger partial charge is 0.353 e. The SMILES string of the molecule is O=C1CN(C(=O)c2ccc(CNC(=O)C3CCCNC3)cc2)CCN1. The number of carbonyl (C=O) groups excluding carboxylic acids is 3. The molecular formula is C18H24N4O3. The number of nitrogens with one attached hydrogen (secondary N) is 3. The van der Waals surface area contributed by atoms with Crippen molar-refractivity contribution < 1.29 is 14.4 Å². The van der Waals surface area contributed by atoms with Crippen LogP contribution >= 0.6 is 0 Å². The minimum atomic E-state index is -0.140. The fraction of sp³-hybridized carbons (Fsp3) is 0.500. The smallest absolute Gasteiger partial charge is 0.254 e. The maximum atomic E-state index is 12.4. The lowest BCUT2D eigenvalue weighted by atomic mass is 9.99.